The van der Waals surface area contributed by atoms with Crippen LogP contribution >= 0.6 is 0 Å². The zero-order chi connectivity index (χ0) is 12.4. The summed E-state index contributed by atoms with van der Waals surface area (Å²) in [6.07, 6.45) is 2.98. The zero-order valence-corrected chi connectivity index (χ0v) is 9.02. The van der Waals surface area contributed by atoms with Crippen LogP contribution in [0.15, 0.2) is 18.5 Å². The third-order valence-electron chi connectivity index (χ3n) is 2.07. The molecule has 0 aromatic carbocycles. The standard InChI is InChI=1S/C10H10F2N4O/c1-2-16-5-6(4-14-16)17-10-8(12)3-7(11)9(13)15-10/h3-5H,2H2,1H3,(H2,13,15). The van der Waals surface area contributed by atoms with Crippen molar-refractivity contribution in [3.8, 4) is 11.6 Å². The van der Waals surface area contributed by atoms with Gasteiger partial charge in [-0.1, -0.05) is 0 Å². The third kappa shape index (κ3) is 2.32. The Kier molecular flexibility index (Phi) is 2.90. The van der Waals surface area contributed by atoms with E-state index in [1.165, 1.54) is 6.20 Å². The lowest BCUT2D eigenvalue weighted by atomic mass is 10.4. The number of nitrogens with two attached hydrogens (primary N) is 1. The fourth-order valence-corrected chi connectivity index (χ4v) is 1.22. The lowest BCUT2D eigenvalue weighted by Gasteiger charge is -2.04. The molecule has 0 spiro atoms. The van der Waals surface area contributed by atoms with E-state index in [2.05, 4.69) is 10.1 Å². The molecule has 0 saturated heterocycles. The van der Waals surface area contributed by atoms with Gasteiger partial charge in [-0.2, -0.15) is 10.1 Å². The first-order chi connectivity index (χ1) is 8.10. The number of ether oxygens (including phenoxy) is 1. The number of aryl methyl sites for hydroxylation is 1. The summed E-state index contributed by atoms with van der Waals surface area (Å²) in [4.78, 5) is 3.47. The second kappa shape index (κ2) is 4.36. The largest absolute Gasteiger partial charge is 0.433 e. The Hall–Kier alpha value is -2.18. The maximum absolute atomic E-state index is 13.3. The Morgan fingerprint density at radius 2 is 2.18 bits per heavy atom. The fourth-order valence-electron chi connectivity index (χ4n) is 1.22. The minimum absolute atomic E-state index is 0.309. The summed E-state index contributed by atoms with van der Waals surface area (Å²) in [6.45, 7) is 2.55. The second-order valence-electron chi connectivity index (χ2n) is 3.28. The van der Waals surface area contributed by atoms with Gasteiger partial charge in [0.1, 0.15) is 0 Å². The Morgan fingerprint density at radius 1 is 1.41 bits per heavy atom. The number of pyridine rings is 1. The summed E-state index contributed by atoms with van der Waals surface area (Å²) < 4.78 is 32.9. The van der Waals surface area contributed by atoms with Crippen LogP contribution in [-0.4, -0.2) is 14.8 Å². The van der Waals surface area contributed by atoms with Crippen molar-refractivity contribution in [2.75, 3.05) is 5.73 Å². The highest BCUT2D eigenvalue weighted by Crippen LogP contribution is 2.24. The average Bonchev–Trinajstić information content (AvgIpc) is 2.73. The molecule has 0 unspecified atom stereocenters. The van der Waals surface area contributed by atoms with E-state index in [0.717, 1.165) is 0 Å². The molecular weight excluding hydrogens is 230 g/mol. The van der Waals surface area contributed by atoms with Crippen LogP contribution in [-0.2, 0) is 6.54 Å². The zero-order valence-electron chi connectivity index (χ0n) is 9.02. The van der Waals surface area contributed by atoms with E-state index in [-0.39, 0.29) is 5.88 Å². The van der Waals surface area contributed by atoms with Gasteiger partial charge >= 0.3 is 0 Å². The molecule has 2 heterocycles. The molecule has 0 aliphatic heterocycles. The van der Waals surface area contributed by atoms with E-state index < -0.39 is 17.5 Å². The maximum atomic E-state index is 13.3. The van der Waals surface area contributed by atoms with E-state index in [1.807, 2.05) is 6.92 Å². The SMILES string of the molecule is CCn1cc(Oc2nc(N)c(F)cc2F)cn1. The molecule has 90 valence electrons. The summed E-state index contributed by atoms with van der Waals surface area (Å²) >= 11 is 0. The predicted molar refractivity (Wildman–Crippen MR) is 56.5 cm³/mol. The molecule has 2 rings (SSSR count). The van der Waals surface area contributed by atoms with Gasteiger partial charge in [-0.25, -0.2) is 8.78 Å². The Bertz CT molecular complexity index is 541. The minimum Gasteiger partial charge on any atom is -0.433 e. The first-order valence-corrected chi connectivity index (χ1v) is 4.92. The van der Waals surface area contributed by atoms with E-state index >= 15 is 0 Å². The number of aromatic nitrogens is 3. The van der Waals surface area contributed by atoms with E-state index in [1.54, 1.807) is 10.9 Å². The van der Waals surface area contributed by atoms with Crippen LogP contribution in [0.2, 0.25) is 0 Å². The number of nitrogens with zero attached hydrogens (tertiary/aromatic N) is 3. The molecule has 0 saturated carbocycles. The van der Waals surface area contributed by atoms with Gasteiger partial charge in [0.05, 0.1) is 12.4 Å². The number of nitrogen functional groups attached to an aromatic ring is 1. The molecule has 0 atom stereocenters. The van der Waals surface area contributed by atoms with Crippen molar-refractivity contribution in [3.63, 3.8) is 0 Å². The summed E-state index contributed by atoms with van der Waals surface area (Å²) in [5.74, 6) is -2.31. The van der Waals surface area contributed by atoms with Gasteiger partial charge in [0.15, 0.2) is 23.2 Å². The Balaban J connectivity index is 2.26. The van der Waals surface area contributed by atoms with Crippen molar-refractivity contribution < 1.29 is 13.5 Å². The normalized spacial score (nSPS) is 10.5. The first-order valence-electron chi connectivity index (χ1n) is 4.92. The van der Waals surface area contributed by atoms with Crippen LogP contribution in [0.25, 0.3) is 0 Å². The lowest BCUT2D eigenvalue weighted by molar-refractivity contribution is 0.417. The second-order valence-corrected chi connectivity index (χ2v) is 3.28. The molecule has 7 heteroatoms. The average molecular weight is 240 g/mol. The Morgan fingerprint density at radius 3 is 2.82 bits per heavy atom. The van der Waals surface area contributed by atoms with Gasteiger partial charge in [-0.3, -0.25) is 4.68 Å². The van der Waals surface area contributed by atoms with Crippen LogP contribution in [0, 0.1) is 11.6 Å². The number of hydrogen-bond donors (Lipinski definition) is 1. The minimum atomic E-state index is -0.917. The fraction of sp³-hybridized carbons (Fsp3) is 0.200. The van der Waals surface area contributed by atoms with Crippen molar-refractivity contribution in [2.24, 2.45) is 0 Å². The molecular formula is C10H10F2N4O. The van der Waals surface area contributed by atoms with E-state index in [4.69, 9.17) is 10.5 Å². The molecule has 2 aromatic rings. The van der Waals surface area contributed by atoms with Crippen molar-refractivity contribution >= 4 is 5.82 Å². The van der Waals surface area contributed by atoms with Gasteiger partial charge in [0.25, 0.3) is 5.88 Å². The quantitative estimate of drug-likeness (QED) is 0.890. The number of anilines is 1. The van der Waals surface area contributed by atoms with Gasteiger partial charge in [0, 0.05) is 12.6 Å². The lowest BCUT2D eigenvalue weighted by Crippen LogP contribution is -2.00. The highest BCUT2D eigenvalue weighted by Gasteiger charge is 2.12. The van der Waals surface area contributed by atoms with E-state index in [9.17, 15) is 8.78 Å². The molecule has 2 aromatic heterocycles. The van der Waals surface area contributed by atoms with Gasteiger partial charge in [-0.05, 0) is 6.92 Å². The highest BCUT2D eigenvalue weighted by atomic mass is 19.1. The summed E-state index contributed by atoms with van der Waals surface area (Å²) in [5.41, 5.74) is 5.22. The first kappa shape index (κ1) is 11.3. The smallest absolute Gasteiger partial charge is 0.258 e. The van der Waals surface area contributed by atoms with Crippen molar-refractivity contribution in [1.82, 2.24) is 14.8 Å². The van der Waals surface area contributed by atoms with Crippen LogP contribution < -0.4 is 10.5 Å². The van der Waals surface area contributed by atoms with E-state index in [0.29, 0.717) is 18.4 Å². The summed E-state index contributed by atoms with van der Waals surface area (Å²) in [7, 11) is 0. The van der Waals surface area contributed by atoms with Gasteiger partial charge < -0.3 is 10.5 Å². The molecule has 0 radical (unpaired) electrons. The molecule has 0 aliphatic rings. The molecule has 0 bridgehead atoms. The molecule has 0 amide bonds. The number of halogens is 2. The van der Waals surface area contributed by atoms with Crippen LogP contribution in [0.4, 0.5) is 14.6 Å². The third-order valence-corrected chi connectivity index (χ3v) is 2.07. The van der Waals surface area contributed by atoms with Gasteiger partial charge in [0.2, 0.25) is 0 Å². The molecule has 2 N–H and O–H groups in total. The molecule has 0 aliphatic carbocycles. The van der Waals surface area contributed by atoms with Crippen LogP contribution in [0.3, 0.4) is 0 Å². The topological polar surface area (TPSA) is 66.0 Å². The van der Waals surface area contributed by atoms with Gasteiger partial charge in [-0.15, -0.1) is 0 Å². The van der Waals surface area contributed by atoms with Crippen molar-refractivity contribution in [3.05, 3.63) is 30.1 Å². The maximum Gasteiger partial charge on any atom is 0.258 e. The summed E-state index contributed by atoms with van der Waals surface area (Å²) in [5, 5.41) is 3.94. The van der Waals surface area contributed by atoms with Crippen molar-refractivity contribution in [2.45, 2.75) is 13.5 Å². The number of rotatable bonds is 3. The monoisotopic (exact) mass is 240 g/mol. The predicted octanol–water partition coefficient (Wildman–Crippen LogP) is 1.95. The number of hydrogen-bond acceptors (Lipinski definition) is 4. The highest BCUT2D eigenvalue weighted by molar-refractivity contribution is 5.36. The Labute approximate surface area is 95.8 Å². The van der Waals surface area contributed by atoms with Crippen LogP contribution in [0.5, 0.6) is 11.6 Å². The van der Waals surface area contributed by atoms with Crippen molar-refractivity contribution in [1.29, 1.82) is 0 Å². The molecule has 5 nitrogen and oxygen atoms in total. The molecule has 0 fully saturated rings. The molecule has 17 heavy (non-hydrogen) atoms. The van der Waals surface area contributed by atoms with Crippen LogP contribution in [0.1, 0.15) is 6.92 Å². The summed E-state index contributed by atoms with van der Waals surface area (Å²) in [6, 6.07) is 0.627.